The number of esters is 1. The van der Waals surface area contributed by atoms with E-state index in [9.17, 15) is 28.5 Å². The Balaban J connectivity index is 1.07. The number of nitrogens with one attached hydrogen (secondary N) is 1. The van der Waals surface area contributed by atoms with Gasteiger partial charge in [0.05, 0.1) is 34.6 Å². The van der Waals surface area contributed by atoms with Gasteiger partial charge in [-0.2, -0.15) is 0 Å². The van der Waals surface area contributed by atoms with Gasteiger partial charge in [0, 0.05) is 85.2 Å². The number of carbonyl (C=O) groups is 2. The van der Waals surface area contributed by atoms with Crippen LogP contribution >= 0.6 is 11.8 Å². The number of thioether (sulfide) groups is 1. The summed E-state index contributed by atoms with van der Waals surface area (Å²) >= 11 is -1.45. The van der Waals surface area contributed by atoms with E-state index in [4.69, 9.17) is 4.74 Å². The lowest BCUT2D eigenvalue weighted by molar-refractivity contribution is -0.383. The smallest absolute Gasteiger partial charge is 0.339 e. The van der Waals surface area contributed by atoms with Crippen LogP contribution in [-0.4, -0.2) is 81.0 Å². The summed E-state index contributed by atoms with van der Waals surface area (Å²) in [6, 6.07) is 30.1. The third-order valence-electron chi connectivity index (χ3n) is 8.91. The van der Waals surface area contributed by atoms with Crippen LogP contribution in [0.1, 0.15) is 26.3 Å². The second-order valence-corrected chi connectivity index (χ2v) is 14.3. The fourth-order valence-corrected chi connectivity index (χ4v) is 7.50. The molecule has 0 radical (unpaired) electrons. The molecule has 1 N–H and O–H groups in total. The van der Waals surface area contributed by atoms with Gasteiger partial charge in [0.1, 0.15) is 5.69 Å². The zero-order chi connectivity index (χ0) is 38.0. The first-order chi connectivity index (χ1) is 26.2. The second-order valence-electron chi connectivity index (χ2n) is 12.3. The van der Waals surface area contributed by atoms with E-state index >= 15 is 0 Å². The van der Waals surface area contributed by atoms with Gasteiger partial charge < -0.3 is 19.5 Å². The standard InChI is InChI=1S/C39H38N6O7S2/c1-52-39(47)31-23-30(25-40-26-31)35-10-6-5-7-29(35)27-42-18-20-43(21-19-42)32-13-11-28(12-14-32)38(46)44(54(50)51)33-15-16-36(37(24-33)45(48)49)41-17-22-53-34-8-3-2-4-9-34/h2-16,23-26,41H,17-22,27H2,1H3,(H,50,51)/p-1. The monoisotopic (exact) mass is 765 g/mol. The SMILES string of the molecule is COC(=O)c1cncc(-c2ccccc2CN2CCN(c3ccc(C(=O)N(c4ccc(NCCSc5ccccc5)c([N+](=O)[O-])c4)S(=O)[O-])cc3)CC2)c1. The Hall–Kier alpha value is -5.61. The van der Waals surface area contributed by atoms with Crippen LogP contribution in [0, 0.1) is 10.1 Å². The molecule has 1 amide bonds. The lowest BCUT2D eigenvalue weighted by atomic mass is 9.99. The lowest BCUT2D eigenvalue weighted by Gasteiger charge is -2.36. The number of hydrogen-bond donors (Lipinski definition) is 1. The summed E-state index contributed by atoms with van der Waals surface area (Å²) in [4.78, 5) is 46.8. The zero-order valence-electron chi connectivity index (χ0n) is 29.3. The van der Waals surface area contributed by atoms with Crippen molar-refractivity contribution < 1.29 is 28.0 Å². The van der Waals surface area contributed by atoms with Crippen molar-refractivity contribution in [3.05, 3.63) is 142 Å². The molecule has 0 bridgehead atoms. The Morgan fingerprint density at radius 3 is 2.35 bits per heavy atom. The van der Waals surface area contributed by atoms with Crippen LogP contribution in [0.15, 0.2) is 120 Å². The van der Waals surface area contributed by atoms with Gasteiger partial charge in [0.2, 0.25) is 0 Å². The van der Waals surface area contributed by atoms with Crippen LogP contribution in [-0.2, 0) is 22.5 Å². The van der Waals surface area contributed by atoms with Gasteiger partial charge in [0.25, 0.3) is 11.6 Å². The van der Waals surface area contributed by atoms with E-state index in [1.54, 1.807) is 48.3 Å². The highest BCUT2D eigenvalue weighted by atomic mass is 32.2. The number of nitro groups is 1. The van der Waals surface area contributed by atoms with Crippen molar-refractivity contribution in [2.45, 2.75) is 11.4 Å². The summed E-state index contributed by atoms with van der Waals surface area (Å²) < 4.78 is 30.1. The molecule has 6 rings (SSSR count). The number of hydrogen-bond acceptors (Lipinski definition) is 12. The maximum atomic E-state index is 13.5. The van der Waals surface area contributed by atoms with Gasteiger partial charge in [-0.05, 0) is 65.7 Å². The van der Waals surface area contributed by atoms with E-state index in [1.165, 1.54) is 25.4 Å². The normalized spacial score (nSPS) is 13.6. The molecule has 1 aliphatic heterocycles. The molecule has 4 aromatic carbocycles. The van der Waals surface area contributed by atoms with Crippen molar-refractivity contribution in [3.8, 4) is 11.1 Å². The van der Waals surface area contributed by atoms with Gasteiger partial charge in [0.15, 0.2) is 0 Å². The van der Waals surface area contributed by atoms with E-state index in [0.717, 1.165) is 59.5 Å². The van der Waals surface area contributed by atoms with E-state index in [1.807, 2.05) is 48.5 Å². The number of pyridine rings is 1. The fraction of sp³-hybridized carbons (Fsp3) is 0.205. The Morgan fingerprint density at radius 1 is 0.926 bits per heavy atom. The summed E-state index contributed by atoms with van der Waals surface area (Å²) in [5, 5.41) is 15.0. The number of methoxy groups -OCH3 is 1. The third kappa shape index (κ3) is 9.30. The first-order valence-electron chi connectivity index (χ1n) is 17.0. The highest BCUT2D eigenvalue weighted by Crippen LogP contribution is 2.32. The molecule has 1 aromatic heterocycles. The average Bonchev–Trinajstić information content (AvgIpc) is 3.20. The molecule has 278 valence electrons. The largest absolute Gasteiger partial charge is 0.755 e. The molecule has 1 fully saturated rings. The van der Waals surface area contributed by atoms with E-state index in [-0.39, 0.29) is 22.6 Å². The number of nitrogens with zero attached hydrogens (tertiary/aromatic N) is 5. The summed E-state index contributed by atoms with van der Waals surface area (Å²) in [5.41, 5.74) is 4.04. The van der Waals surface area contributed by atoms with Gasteiger partial charge >= 0.3 is 5.97 Å². The Labute approximate surface area is 319 Å². The molecule has 5 aromatic rings. The van der Waals surface area contributed by atoms with E-state index < -0.39 is 28.1 Å². The second kappa shape index (κ2) is 17.9. The number of nitro benzene ring substituents is 1. The molecular formula is C39H37N6O7S2-. The van der Waals surface area contributed by atoms with Crippen LogP contribution in [0.25, 0.3) is 11.1 Å². The quantitative estimate of drug-likeness (QED) is 0.0331. The van der Waals surface area contributed by atoms with Gasteiger partial charge in [-0.1, -0.05) is 42.5 Å². The van der Waals surface area contributed by atoms with Gasteiger partial charge in [-0.3, -0.25) is 29.0 Å². The minimum Gasteiger partial charge on any atom is -0.755 e. The number of ether oxygens (including phenoxy) is 1. The molecule has 0 spiro atoms. The number of anilines is 3. The molecule has 15 heteroatoms. The Morgan fingerprint density at radius 2 is 1.65 bits per heavy atom. The maximum Gasteiger partial charge on any atom is 0.339 e. The highest BCUT2D eigenvalue weighted by molar-refractivity contribution is 7.99. The first kappa shape index (κ1) is 38.1. The van der Waals surface area contributed by atoms with Gasteiger partial charge in [-0.25, -0.2) is 9.10 Å². The number of benzene rings is 4. The summed E-state index contributed by atoms with van der Waals surface area (Å²) in [5.74, 6) is -0.630. The topological polar surface area (TPSA) is 161 Å². The predicted molar refractivity (Wildman–Crippen MR) is 209 cm³/mol. The number of carbonyl (C=O) groups excluding carboxylic acids is 2. The Bertz CT molecular complexity index is 2130. The first-order valence-corrected chi connectivity index (χ1v) is 19.1. The molecule has 1 saturated heterocycles. The molecule has 1 atom stereocenters. The van der Waals surface area contributed by atoms with Crippen LogP contribution < -0.4 is 14.5 Å². The van der Waals surface area contributed by atoms with Crippen molar-refractivity contribution in [1.82, 2.24) is 9.88 Å². The highest BCUT2D eigenvalue weighted by Gasteiger charge is 2.25. The minimum atomic E-state index is -3.04. The van der Waals surface area contributed by atoms with Crippen LogP contribution in [0.4, 0.5) is 22.7 Å². The lowest BCUT2D eigenvalue weighted by Crippen LogP contribution is -2.46. The fourth-order valence-electron chi connectivity index (χ4n) is 6.18. The van der Waals surface area contributed by atoms with Crippen LogP contribution in [0.3, 0.4) is 0 Å². The maximum absolute atomic E-state index is 13.5. The molecule has 13 nitrogen and oxygen atoms in total. The van der Waals surface area contributed by atoms with E-state index in [0.29, 0.717) is 28.7 Å². The molecular weight excluding hydrogens is 729 g/mol. The molecule has 1 aliphatic rings. The average molecular weight is 766 g/mol. The summed E-state index contributed by atoms with van der Waals surface area (Å²) in [6.45, 7) is 4.12. The van der Waals surface area contributed by atoms with Gasteiger partial charge in [-0.15, -0.1) is 11.8 Å². The molecule has 0 saturated carbocycles. The third-order valence-corrected chi connectivity index (χ3v) is 10.6. The van der Waals surface area contributed by atoms with Crippen LogP contribution in [0.2, 0.25) is 0 Å². The zero-order valence-corrected chi connectivity index (χ0v) is 31.0. The van der Waals surface area contributed by atoms with Crippen LogP contribution in [0.5, 0.6) is 0 Å². The Kier molecular flexibility index (Phi) is 12.7. The van der Waals surface area contributed by atoms with E-state index in [2.05, 4.69) is 26.2 Å². The van der Waals surface area contributed by atoms with Crippen molar-refractivity contribution in [2.75, 3.05) is 60.1 Å². The van der Waals surface area contributed by atoms with Crippen molar-refractivity contribution in [2.24, 2.45) is 0 Å². The number of amides is 1. The number of rotatable bonds is 14. The number of aromatic nitrogens is 1. The predicted octanol–water partition coefficient (Wildman–Crippen LogP) is 6.41. The molecule has 54 heavy (non-hydrogen) atoms. The number of piperazine rings is 1. The molecule has 2 heterocycles. The molecule has 0 aliphatic carbocycles. The van der Waals surface area contributed by atoms with Crippen molar-refractivity contribution >= 4 is 57.7 Å². The van der Waals surface area contributed by atoms with Crippen molar-refractivity contribution in [1.29, 1.82) is 0 Å². The summed E-state index contributed by atoms with van der Waals surface area (Å²) in [7, 11) is 1.34. The van der Waals surface area contributed by atoms with Crippen molar-refractivity contribution in [3.63, 3.8) is 0 Å². The minimum absolute atomic E-state index is 0.117. The molecule has 1 unspecified atom stereocenters. The summed E-state index contributed by atoms with van der Waals surface area (Å²) in [6.07, 6.45) is 3.22.